The summed E-state index contributed by atoms with van der Waals surface area (Å²) in [7, 11) is 0. The van der Waals surface area contributed by atoms with Gasteiger partial charge in [-0.05, 0) is 54.2 Å². The van der Waals surface area contributed by atoms with Crippen LogP contribution in [0.25, 0.3) is 0 Å². The molecule has 1 aliphatic heterocycles. The van der Waals surface area contributed by atoms with Gasteiger partial charge in [-0.15, -0.1) is 0 Å². The van der Waals surface area contributed by atoms with Gasteiger partial charge in [-0.3, -0.25) is 9.59 Å². The van der Waals surface area contributed by atoms with Crippen LogP contribution in [0.4, 0.5) is 11.4 Å². The van der Waals surface area contributed by atoms with Gasteiger partial charge < -0.3 is 15.1 Å². The fourth-order valence-corrected chi connectivity index (χ4v) is 3.39. The van der Waals surface area contributed by atoms with Gasteiger partial charge in [0.15, 0.2) is 0 Å². The standard InChI is InChI=1S/C19H17ClN4O2S/c20-14-2-1-3-16(12-14)23-8-10-24(11-9-23)19(26)18(25)22-15-4-6-17(7-5-15)27-13-21/h1-7,12H,8-11H2,(H,22,25). The van der Waals surface area contributed by atoms with Gasteiger partial charge in [0.2, 0.25) is 0 Å². The van der Waals surface area contributed by atoms with E-state index >= 15 is 0 Å². The largest absolute Gasteiger partial charge is 0.368 e. The molecule has 3 rings (SSSR count). The maximum absolute atomic E-state index is 12.4. The molecule has 138 valence electrons. The lowest BCUT2D eigenvalue weighted by Gasteiger charge is -2.35. The van der Waals surface area contributed by atoms with E-state index in [1.807, 2.05) is 29.7 Å². The molecule has 0 aliphatic carbocycles. The first-order valence-electron chi connectivity index (χ1n) is 8.33. The van der Waals surface area contributed by atoms with E-state index in [-0.39, 0.29) is 0 Å². The van der Waals surface area contributed by atoms with Gasteiger partial charge >= 0.3 is 11.8 Å². The Morgan fingerprint density at radius 3 is 2.41 bits per heavy atom. The summed E-state index contributed by atoms with van der Waals surface area (Å²) in [4.78, 5) is 29.1. The first-order valence-corrected chi connectivity index (χ1v) is 9.53. The second-order valence-corrected chi connectivity index (χ2v) is 7.23. The maximum atomic E-state index is 12.4. The number of piperazine rings is 1. The van der Waals surface area contributed by atoms with Crippen molar-refractivity contribution in [1.82, 2.24) is 4.90 Å². The summed E-state index contributed by atoms with van der Waals surface area (Å²) in [5, 5.41) is 13.9. The lowest BCUT2D eigenvalue weighted by Crippen LogP contribution is -2.51. The molecule has 6 nitrogen and oxygen atoms in total. The summed E-state index contributed by atoms with van der Waals surface area (Å²) in [6.45, 7) is 2.21. The minimum absolute atomic E-state index is 0.469. The molecule has 1 saturated heterocycles. The van der Waals surface area contributed by atoms with Gasteiger partial charge in [0.1, 0.15) is 5.40 Å². The molecule has 2 aromatic carbocycles. The summed E-state index contributed by atoms with van der Waals surface area (Å²) in [5.74, 6) is -1.21. The van der Waals surface area contributed by atoms with Crippen LogP contribution >= 0.6 is 23.4 Å². The number of amides is 2. The van der Waals surface area contributed by atoms with Crippen LogP contribution < -0.4 is 10.2 Å². The van der Waals surface area contributed by atoms with E-state index in [0.29, 0.717) is 36.9 Å². The van der Waals surface area contributed by atoms with E-state index in [1.165, 1.54) is 0 Å². The molecule has 0 saturated carbocycles. The predicted octanol–water partition coefficient (Wildman–Crippen LogP) is 3.20. The molecule has 0 spiro atoms. The molecule has 2 amide bonds. The summed E-state index contributed by atoms with van der Waals surface area (Å²) in [5.41, 5.74) is 1.53. The Kier molecular flexibility index (Phi) is 6.22. The van der Waals surface area contributed by atoms with E-state index in [4.69, 9.17) is 16.9 Å². The quantitative estimate of drug-likeness (QED) is 0.486. The third-order valence-corrected chi connectivity index (χ3v) is 5.04. The Balaban J connectivity index is 1.54. The van der Waals surface area contributed by atoms with E-state index in [2.05, 4.69) is 10.2 Å². The number of halogens is 1. The average Bonchev–Trinajstić information content (AvgIpc) is 2.69. The highest BCUT2D eigenvalue weighted by Gasteiger charge is 2.26. The van der Waals surface area contributed by atoms with Crippen molar-refractivity contribution in [2.24, 2.45) is 0 Å². The summed E-state index contributed by atoms with van der Waals surface area (Å²) in [6.07, 6.45) is 0. The number of hydrogen-bond acceptors (Lipinski definition) is 5. The minimum Gasteiger partial charge on any atom is -0.368 e. The molecule has 0 radical (unpaired) electrons. The van der Waals surface area contributed by atoms with Crippen LogP contribution in [0, 0.1) is 10.7 Å². The number of nitriles is 1. The first-order chi connectivity index (χ1) is 13.1. The van der Waals surface area contributed by atoms with Crippen LogP contribution in [0.1, 0.15) is 0 Å². The number of anilines is 2. The number of thioether (sulfide) groups is 1. The molecule has 27 heavy (non-hydrogen) atoms. The Bertz CT molecular complexity index is 874. The molecule has 8 heteroatoms. The molecular formula is C19H17ClN4O2S. The predicted molar refractivity (Wildman–Crippen MR) is 107 cm³/mol. The number of nitrogens with zero attached hydrogens (tertiary/aromatic N) is 3. The smallest absolute Gasteiger partial charge is 0.313 e. The molecule has 1 heterocycles. The second kappa shape index (κ2) is 8.80. The van der Waals surface area contributed by atoms with Crippen LogP contribution in [-0.4, -0.2) is 42.9 Å². The van der Waals surface area contributed by atoms with Crippen LogP contribution in [0.5, 0.6) is 0 Å². The maximum Gasteiger partial charge on any atom is 0.313 e. The van der Waals surface area contributed by atoms with Gasteiger partial charge in [-0.25, -0.2) is 0 Å². The average molecular weight is 401 g/mol. The third-order valence-electron chi connectivity index (χ3n) is 4.21. The number of thiocyanates is 1. The van der Waals surface area contributed by atoms with E-state index in [0.717, 1.165) is 22.3 Å². The molecule has 0 aromatic heterocycles. The van der Waals surface area contributed by atoms with Gasteiger partial charge in [-0.1, -0.05) is 17.7 Å². The summed E-state index contributed by atoms with van der Waals surface area (Å²) >= 11 is 7.06. The van der Waals surface area contributed by atoms with Gasteiger partial charge in [0, 0.05) is 47.5 Å². The van der Waals surface area contributed by atoms with Gasteiger partial charge in [0.05, 0.1) is 0 Å². The molecule has 1 fully saturated rings. The number of hydrogen-bond donors (Lipinski definition) is 1. The topological polar surface area (TPSA) is 76.4 Å². The summed E-state index contributed by atoms with van der Waals surface area (Å²) < 4.78 is 0. The van der Waals surface area contributed by atoms with Crippen molar-refractivity contribution < 1.29 is 9.59 Å². The Morgan fingerprint density at radius 1 is 1.07 bits per heavy atom. The normalized spacial score (nSPS) is 13.8. The van der Waals surface area contributed by atoms with Crippen molar-refractivity contribution >= 4 is 46.6 Å². The van der Waals surface area contributed by atoms with Crippen molar-refractivity contribution in [3.05, 3.63) is 53.6 Å². The fraction of sp³-hybridized carbons (Fsp3) is 0.211. The zero-order chi connectivity index (χ0) is 19.2. The van der Waals surface area contributed by atoms with Crippen molar-refractivity contribution in [3.63, 3.8) is 0 Å². The SMILES string of the molecule is N#CSc1ccc(NC(=O)C(=O)N2CCN(c3cccc(Cl)c3)CC2)cc1. The number of rotatable bonds is 3. The Labute approximate surface area is 166 Å². The Hall–Kier alpha value is -2.69. The van der Waals surface area contributed by atoms with E-state index in [9.17, 15) is 9.59 Å². The molecule has 0 atom stereocenters. The molecular weight excluding hydrogens is 384 g/mol. The number of benzene rings is 2. The second-order valence-electron chi connectivity index (χ2n) is 5.93. The van der Waals surface area contributed by atoms with Crippen LogP contribution in [0.2, 0.25) is 5.02 Å². The highest BCUT2D eigenvalue weighted by molar-refractivity contribution is 8.03. The number of nitrogens with one attached hydrogen (secondary N) is 1. The van der Waals surface area contributed by atoms with Crippen molar-refractivity contribution in [3.8, 4) is 5.40 Å². The van der Waals surface area contributed by atoms with Gasteiger partial charge in [0.25, 0.3) is 0 Å². The van der Waals surface area contributed by atoms with Crippen LogP contribution in [-0.2, 0) is 9.59 Å². The van der Waals surface area contributed by atoms with Crippen molar-refractivity contribution in [2.75, 3.05) is 36.4 Å². The van der Waals surface area contributed by atoms with Crippen LogP contribution in [0.15, 0.2) is 53.4 Å². The minimum atomic E-state index is -0.660. The van der Waals surface area contributed by atoms with Crippen molar-refractivity contribution in [1.29, 1.82) is 5.26 Å². The van der Waals surface area contributed by atoms with E-state index < -0.39 is 11.8 Å². The molecule has 0 bridgehead atoms. The summed E-state index contributed by atoms with van der Waals surface area (Å²) in [6, 6.07) is 14.4. The fourth-order valence-electron chi connectivity index (χ4n) is 2.83. The molecule has 1 N–H and O–H groups in total. The monoisotopic (exact) mass is 400 g/mol. The molecule has 1 aliphatic rings. The number of carbonyl (C=O) groups excluding carboxylic acids is 2. The highest BCUT2D eigenvalue weighted by Crippen LogP contribution is 2.21. The first kappa shape index (κ1) is 19.1. The zero-order valence-electron chi connectivity index (χ0n) is 14.4. The number of carbonyl (C=O) groups is 2. The molecule has 0 unspecified atom stereocenters. The highest BCUT2D eigenvalue weighted by atomic mass is 35.5. The van der Waals surface area contributed by atoms with Crippen molar-refractivity contribution in [2.45, 2.75) is 4.90 Å². The Morgan fingerprint density at radius 2 is 1.78 bits per heavy atom. The zero-order valence-corrected chi connectivity index (χ0v) is 16.0. The lowest BCUT2D eigenvalue weighted by molar-refractivity contribution is -0.143. The van der Waals surface area contributed by atoms with Gasteiger partial charge in [-0.2, -0.15) is 5.26 Å². The van der Waals surface area contributed by atoms with Crippen LogP contribution in [0.3, 0.4) is 0 Å². The molecule has 2 aromatic rings. The van der Waals surface area contributed by atoms with E-state index in [1.54, 1.807) is 29.2 Å². The third kappa shape index (κ3) is 4.94. The lowest BCUT2D eigenvalue weighted by atomic mass is 10.2.